The minimum atomic E-state index is 0. The fourth-order valence-corrected chi connectivity index (χ4v) is 0.845. The molecule has 0 bridgehead atoms. The Morgan fingerprint density at radius 2 is 1.70 bits per heavy atom. The molecule has 5 heteroatoms. The molecule has 0 amide bonds. The van der Waals surface area contributed by atoms with Crippen molar-refractivity contribution in [3.05, 3.63) is 27.5 Å². The van der Waals surface area contributed by atoms with Crippen LogP contribution in [0.25, 0.3) is 0 Å². The summed E-state index contributed by atoms with van der Waals surface area (Å²) in [5.41, 5.74) is 0. The molecular weight excluding hydrogens is 244 g/mol. The van der Waals surface area contributed by atoms with Gasteiger partial charge in [-0.1, -0.05) is 34.8 Å². The topological polar surface area (TPSA) is 12.9 Å². The van der Waals surface area contributed by atoms with Crippen molar-refractivity contribution in [2.24, 2.45) is 0 Å². The molecule has 0 unspecified atom stereocenters. The van der Waals surface area contributed by atoms with E-state index in [4.69, 9.17) is 34.8 Å². The van der Waals surface area contributed by atoms with Crippen LogP contribution in [0.3, 0.4) is 0 Å². The van der Waals surface area contributed by atoms with Gasteiger partial charge in [0.2, 0.25) is 0 Å². The van der Waals surface area contributed by atoms with Crippen LogP contribution in [0, 0.1) is 0 Å². The van der Waals surface area contributed by atoms with Gasteiger partial charge < -0.3 is 0 Å². The molecule has 0 aliphatic heterocycles. The summed E-state index contributed by atoms with van der Waals surface area (Å²) in [6, 6.07) is 3.18. The van der Waals surface area contributed by atoms with Crippen molar-refractivity contribution >= 4 is 34.8 Å². The van der Waals surface area contributed by atoms with Gasteiger partial charge in [0.05, 0.1) is 5.02 Å². The van der Waals surface area contributed by atoms with E-state index in [0.29, 0.717) is 10.2 Å². The number of halogens is 3. The van der Waals surface area contributed by atoms with Gasteiger partial charge in [-0.25, -0.2) is 4.98 Å². The largest absolute Gasteiger partial charge is 0.223 e. The number of nitrogens with zero attached hydrogens (tertiary/aromatic N) is 1. The zero-order valence-corrected chi connectivity index (χ0v) is 7.75. The summed E-state index contributed by atoms with van der Waals surface area (Å²) in [4.78, 5) is 3.67. The molecule has 10 heavy (non-hydrogen) atoms. The first kappa shape index (κ1) is 10.5. The van der Waals surface area contributed by atoms with E-state index in [-0.39, 0.29) is 22.2 Å². The molecule has 1 rings (SSSR count). The third kappa shape index (κ3) is 2.65. The van der Waals surface area contributed by atoms with E-state index < -0.39 is 0 Å². The molecule has 0 aliphatic carbocycles. The molecule has 0 fully saturated rings. The monoisotopic (exact) mass is 244 g/mol. The number of hydrogen-bond acceptors (Lipinski definition) is 1. The van der Waals surface area contributed by atoms with Crippen LogP contribution in [0.15, 0.2) is 12.1 Å². The molecule has 1 heterocycles. The van der Waals surface area contributed by atoms with Crippen LogP contribution in [0.1, 0.15) is 0 Å². The predicted molar refractivity (Wildman–Crippen MR) is 39.3 cm³/mol. The molecule has 0 spiro atoms. The van der Waals surface area contributed by atoms with Gasteiger partial charge in [0.25, 0.3) is 0 Å². The predicted octanol–water partition coefficient (Wildman–Crippen LogP) is 3.04. The summed E-state index contributed by atoms with van der Waals surface area (Å²) < 4.78 is 0. The maximum absolute atomic E-state index is 5.53. The van der Waals surface area contributed by atoms with Gasteiger partial charge >= 0.3 is 0 Å². The average molecular weight is 246 g/mol. The molecular formula is C5H2Cl3CuN. The zero-order valence-electron chi connectivity index (χ0n) is 4.54. The van der Waals surface area contributed by atoms with E-state index in [1.54, 1.807) is 12.1 Å². The van der Waals surface area contributed by atoms with Gasteiger partial charge in [-0.2, -0.15) is 0 Å². The fourth-order valence-electron chi connectivity index (χ4n) is 0.395. The Morgan fingerprint density at radius 3 is 2.10 bits per heavy atom. The van der Waals surface area contributed by atoms with Crippen LogP contribution in [0.2, 0.25) is 15.3 Å². The van der Waals surface area contributed by atoms with Gasteiger partial charge in [-0.05, 0) is 12.1 Å². The molecule has 1 aromatic heterocycles. The number of aromatic nitrogens is 1. The second-order valence-electron chi connectivity index (χ2n) is 1.41. The summed E-state index contributed by atoms with van der Waals surface area (Å²) in [6.07, 6.45) is 0. The summed E-state index contributed by atoms with van der Waals surface area (Å²) in [7, 11) is 0. The van der Waals surface area contributed by atoms with Gasteiger partial charge in [-0.15, -0.1) is 0 Å². The maximum Gasteiger partial charge on any atom is 0.149 e. The van der Waals surface area contributed by atoms with Crippen molar-refractivity contribution in [3.63, 3.8) is 0 Å². The minimum Gasteiger partial charge on any atom is -0.223 e. The van der Waals surface area contributed by atoms with Crippen molar-refractivity contribution in [2.45, 2.75) is 0 Å². The third-order valence-corrected chi connectivity index (χ3v) is 1.67. The Morgan fingerprint density at radius 1 is 1.10 bits per heavy atom. The molecule has 0 N–H and O–H groups in total. The van der Waals surface area contributed by atoms with Crippen molar-refractivity contribution in [3.8, 4) is 0 Å². The van der Waals surface area contributed by atoms with E-state index in [9.17, 15) is 0 Å². The van der Waals surface area contributed by atoms with Gasteiger partial charge in [0.1, 0.15) is 10.3 Å². The number of rotatable bonds is 0. The number of hydrogen-bond donors (Lipinski definition) is 0. The molecule has 0 saturated heterocycles. The summed E-state index contributed by atoms with van der Waals surface area (Å²) in [5.74, 6) is 0. The van der Waals surface area contributed by atoms with Crippen LogP contribution < -0.4 is 0 Å². The molecule has 59 valence electrons. The van der Waals surface area contributed by atoms with Crippen LogP contribution >= 0.6 is 34.8 Å². The van der Waals surface area contributed by atoms with Crippen LogP contribution in [-0.2, 0) is 17.1 Å². The Balaban J connectivity index is 0.000000810. The minimum absolute atomic E-state index is 0. The van der Waals surface area contributed by atoms with Crippen molar-refractivity contribution in [1.82, 2.24) is 4.98 Å². The summed E-state index contributed by atoms with van der Waals surface area (Å²) in [6.45, 7) is 0. The Hall–Kier alpha value is 0.539. The second-order valence-corrected chi connectivity index (χ2v) is 2.56. The van der Waals surface area contributed by atoms with E-state index in [1.165, 1.54) is 0 Å². The maximum atomic E-state index is 5.53. The molecule has 1 radical (unpaired) electrons. The first-order valence-electron chi connectivity index (χ1n) is 2.17. The van der Waals surface area contributed by atoms with Crippen LogP contribution in [0.4, 0.5) is 0 Å². The van der Waals surface area contributed by atoms with Crippen LogP contribution in [-0.4, -0.2) is 4.98 Å². The van der Waals surface area contributed by atoms with Crippen LogP contribution in [0.5, 0.6) is 0 Å². The van der Waals surface area contributed by atoms with E-state index in [0.717, 1.165) is 0 Å². The van der Waals surface area contributed by atoms with E-state index >= 15 is 0 Å². The molecule has 1 nitrogen and oxygen atoms in total. The quantitative estimate of drug-likeness (QED) is 0.506. The smallest absolute Gasteiger partial charge is 0.149 e. The first-order chi connectivity index (χ1) is 4.20. The first-order valence-corrected chi connectivity index (χ1v) is 3.31. The standard InChI is InChI=1S/C5H2Cl3N.Cu/c6-3-1-2-4(7)9-5(3)8;/h1-2H;. The van der Waals surface area contributed by atoms with Crippen molar-refractivity contribution < 1.29 is 17.1 Å². The Labute approximate surface area is 84.2 Å². The summed E-state index contributed by atoms with van der Waals surface area (Å²) in [5, 5.41) is 1.01. The van der Waals surface area contributed by atoms with Crippen molar-refractivity contribution in [1.29, 1.82) is 0 Å². The summed E-state index contributed by atoms with van der Waals surface area (Å²) >= 11 is 16.5. The molecule has 1 aromatic rings. The van der Waals surface area contributed by atoms with Gasteiger partial charge in [0, 0.05) is 17.1 Å². The molecule has 0 saturated carbocycles. The average Bonchev–Trinajstić information content (AvgIpc) is 1.80. The molecule has 0 atom stereocenters. The van der Waals surface area contributed by atoms with Crippen molar-refractivity contribution in [2.75, 3.05) is 0 Å². The van der Waals surface area contributed by atoms with E-state index in [1.807, 2.05) is 0 Å². The van der Waals surface area contributed by atoms with Gasteiger partial charge in [-0.3, -0.25) is 0 Å². The zero-order chi connectivity index (χ0) is 6.85. The normalized spacial score (nSPS) is 8.70. The third-order valence-electron chi connectivity index (χ3n) is 0.769. The number of pyridine rings is 1. The van der Waals surface area contributed by atoms with Gasteiger partial charge in [0.15, 0.2) is 0 Å². The SMILES string of the molecule is Clc1ccc(Cl)c(Cl)n1.[Cu]. The Kier molecular flexibility index (Phi) is 4.66. The fraction of sp³-hybridized carbons (Fsp3) is 0. The second kappa shape index (κ2) is 4.42. The molecule has 0 aliphatic rings. The Bertz CT molecular complexity index is 228. The molecule has 0 aromatic carbocycles. The van der Waals surface area contributed by atoms with E-state index in [2.05, 4.69) is 4.98 Å².